The number of likely N-dealkylation sites (tertiary alicyclic amines) is 1. The third-order valence-corrected chi connectivity index (χ3v) is 5.77. The average Bonchev–Trinajstić information content (AvgIpc) is 3.33. The first-order valence-corrected chi connectivity index (χ1v) is 11.3. The number of ether oxygens (including phenoxy) is 2. The number of amides is 1. The van der Waals surface area contributed by atoms with Crippen LogP contribution >= 0.6 is 15.9 Å². The van der Waals surface area contributed by atoms with Crippen molar-refractivity contribution in [2.75, 3.05) is 25.5 Å². The first kappa shape index (κ1) is 22.3. The van der Waals surface area contributed by atoms with Gasteiger partial charge in [0.1, 0.15) is 17.7 Å². The van der Waals surface area contributed by atoms with Gasteiger partial charge in [-0.25, -0.2) is 19.7 Å². The van der Waals surface area contributed by atoms with E-state index in [4.69, 9.17) is 9.47 Å². The van der Waals surface area contributed by atoms with Crippen LogP contribution < -0.4 is 10.1 Å². The number of fused-ring (bicyclic) bond motifs is 1. The summed E-state index contributed by atoms with van der Waals surface area (Å²) in [5.74, 6) is 1.47. The van der Waals surface area contributed by atoms with Gasteiger partial charge >= 0.3 is 6.09 Å². The van der Waals surface area contributed by atoms with E-state index in [1.54, 1.807) is 12.0 Å². The lowest BCUT2D eigenvalue weighted by Gasteiger charge is -2.24. The Morgan fingerprint density at radius 2 is 2.00 bits per heavy atom. The van der Waals surface area contributed by atoms with Gasteiger partial charge < -0.3 is 19.7 Å². The summed E-state index contributed by atoms with van der Waals surface area (Å²) in [7, 11) is 1.65. The zero-order chi connectivity index (χ0) is 22.9. The van der Waals surface area contributed by atoms with Gasteiger partial charge in [-0.3, -0.25) is 4.57 Å². The topological polar surface area (TPSA) is 94.4 Å². The van der Waals surface area contributed by atoms with Crippen LogP contribution in [-0.2, 0) is 11.3 Å². The largest absolute Gasteiger partial charge is 0.497 e. The Morgan fingerprint density at radius 3 is 2.69 bits per heavy atom. The minimum Gasteiger partial charge on any atom is -0.497 e. The van der Waals surface area contributed by atoms with Crippen LogP contribution in [0.3, 0.4) is 0 Å². The highest BCUT2D eigenvalue weighted by Gasteiger charge is 2.30. The Labute approximate surface area is 195 Å². The van der Waals surface area contributed by atoms with Crippen LogP contribution in [0.1, 0.15) is 32.8 Å². The van der Waals surface area contributed by atoms with E-state index >= 15 is 0 Å². The molecule has 0 radical (unpaired) electrons. The van der Waals surface area contributed by atoms with Crippen molar-refractivity contribution >= 4 is 39.0 Å². The third kappa shape index (κ3) is 4.95. The SMILES string of the molecule is COc1ccc(Cn2c(Br)nc3c(N[C@@H]4CCN(C(=O)OC(C)(C)C)C4)ncnc32)cc1. The molecule has 0 saturated carbocycles. The average molecular weight is 503 g/mol. The highest BCUT2D eigenvalue weighted by atomic mass is 79.9. The molecule has 170 valence electrons. The van der Waals surface area contributed by atoms with Gasteiger partial charge in [0.15, 0.2) is 21.7 Å². The predicted molar refractivity (Wildman–Crippen MR) is 125 cm³/mol. The van der Waals surface area contributed by atoms with Crippen molar-refractivity contribution in [1.82, 2.24) is 24.4 Å². The van der Waals surface area contributed by atoms with Crippen molar-refractivity contribution in [3.63, 3.8) is 0 Å². The molecule has 1 aromatic carbocycles. The summed E-state index contributed by atoms with van der Waals surface area (Å²) >= 11 is 3.56. The van der Waals surface area contributed by atoms with Crippen LogP contribution in [0.5, 0.6) is 5.75 Å². The van der Waals surface area contributed by atoms with Crippen molar-refractivity contribution in [3.8, 4) is 5.75 Å². The van der Waals surface area contributed by atoms with Crippen molar-refractivity contribution in [2.45, 2.75) is 45.4 Å². The Morgan fingerprint density at radius 1 is 1.25 bits per heavy atom. The summed E-state index contributed by atoms with van der Waals surface area (Å²) in [5, 5.41) is 3.44. The van der Waals surface area contributed by atoms with E-state index in [1.165, 1.54) is 6.33 Å². The number of carbonyl (C=O) groups is 1. The van der Waals surface area contributed by atoms with E-state index in [2.05, 4.69) is 36.2 Å². The Kier molecular flexibility index (Phi) is 6.23. The fourth-order valence-electron chi connectivity index (χ4n) is 3.63. The molecular weight excluding hydrogens is 476 g/mol. The molecule has 0 aliphatic carbocycles. The number of halogens is 1. The van der Waals surface area contributed by atoms with E-state index in [9.17, 15) is 4.79 Å². The standard InChI is InChI=1S/C22H27BrN6O3/c1-22(2,3)32-21(30)28-10-9-15(12-28)26-18-17-19(25-13-24-18)29(20(23)27-17)11-14-5-7-16(31-4)8-6-14/h5-8,13,15H,9-12H2,1-4H3,(H,24,25,26)/t15-/m1/s1. The summed E-state index contributed by atoms with van der Waals surface area (Å²) in [4.78, 5) is 27.6. The van der Waals surface area contributed by atoms with E-state index in [-0.39, 0.29) is 12.1 Å². The summed E-state index contributed by atoms with van der Waals surface area (Å²) in [5.41, 5.74) is 2.00. The number of aromatic nitrogens is 4. The molecule has 1 N–H and O–H groups in total. The molecule has 0 unspecified atom stereocenters. The number of rotatable bonds is 5. The first-order valence-electron chi connectivity index (χ1n) is 10.5. The molecule has 3 heterocycles. The van der Waals surface area contributed by atoms with Gasteiger partial charge in [0, 0.05) is 19.1 Å². The molecule has 0 bridgehead atoms. The van der Waals surface area contributed by atoms with Crippen LogP contribution in [0.25, 0.3) is 11.2 Å². The van der Waals surface area contributed by atoms with E-state index in [0.717, 1.165) is 23.4 Å². The number of benzene rings is 1. The number of nitrogens with one attached hydrogen (secondary N) is 1. The molecule has 3 aromatic rings. The molecule has 2 aromatic heterocycles. The maximum absolute atomic E-state index is 12.4. The predicted octanol–water partition coefficient (Wildman–Crippen LogP) is 4.07. The van der Waals surface area contributed by atoms with Crippen LogP contribution in [0.15, 0.2) is 35.3 Å². The zero-order valence-corrected chi connectivity index (χ0v) is 20.2. The summed E-state index contributed by atoms with van der Waals surface area (Å²) in [6, 6.07) is 7.95. The van der Waals surface area contributed by atoms with Gasteiger partial charge in [0.2, 0.25) is 0 Å². The fourth-order valence-corrected chi connectivity index (χ4v) is 4.10. The second kappa shape index (κ2) is 8.93. The fraction of sp³-hybridized carbons (Fsp3) is 0.455. The molecule has 32 heavy (non-hydrogen) atoms. The molecule has 4 rings (SSSR count). The van der Waals surface area contributed by atoms with Gasteiger partial charge in [-0.15, -0.1) is 0 Å². The number of carbonyl (C=O) groups excluding carboxylic acids is 1. The monoisotopic (exact) mass is 502 g/mol. The lowest BCUT2D eigenvalue weighted by Crippen LogP contribution is -2.36. The lowest BCUT2D eigenvalue weighted by atomic mass is 10.2. The maximum Gasteiger partial charge on any atom is 0.410 e. The van der Waals surface area contributed by atoms with Crippen LogP contribution in [-0.4, -0.2) is 62.4 Å². The van der Waals surface area contributed by atoms with Gasteiger partial charge in [0.25, 0.3) is 0 Å². The van der Waals surface area contributed by atoms with Crippen LogP contribution in [0.4, 0.5) is 10.6 Å². The molecule has 9 nitrogen and oxygen atoms in total. The number of anilines is 1. The smallest absolute Gasteiger partial charge is 0.410 e. The van der Waals surface area contributed by atoms with E-state index < -0.39 is 5.60 Å². The Bertz CT molecular complexity index is 1110. The molecule has 1 saturated heterocycles. The molecule has 1 atom stereocenters. The second-order valence-corrected chi connectivity index (χ2v) is 9.48. The third-order valence-electron chi connectivity index (χ3n) is 5.17. The minimum atomic E-state index is -0.510. The van der Waals surface area contributed by atoms with Gasteiger partial charge in [-0.1, -0.05) is 12.1 Å². The Balaban J connectivity index is 1.50. The van der Waals surface area contributed by atoms with Gasteiger partial charge in [-0.05, 0) is 60.8 Å². The van der Waals surface area contributed by atoms with Crippen molar-refractivity contribution in [1.29, 1.82) is 0 Å². The maximum atomic E-state index is 12.4. The normalized spacial score (nSPS) is 16.4. The summed E-state index contributed by atoms with van der Waals surface area (Å²) in [6.45, 7) is 7.40. The number of methoxy groups -OCH3 is 1. The molecule has 1 aliphatic rings. The molecule has 0 spiro atoms. The molecular formula is C22H27BrN6O3. The molecule has 1 aliphatic heterocycles. The summed E-state index contributed by atoms with van der Waals surface area (Å²) < 4.78 is 13.4. The van der Waals surface area contributed by atoms with Crippen LogP contribution in [0, 0.1) is 0 Å². The van der Waals surface area contributed by atoms with Gasteiger partial charge in [0.05, 0.1) is 13.7 Å². The quantitative estimate of drug-likeness (QED) is 0.525. The number of hydrogen-bond donors (Lipinski definition) is 1. The van der Waals surface area contributed by atoms with Crippen molar-refractivity contribution in [3.05, 3.63) is 40.9 Å². The lowest BCUT2D eigenvalue weighted by molar-refractivity contribution is 0.0293. The number of imidazole rings is 1. The highest BCUT2D eigenvalue weighted by Crippen LogP contribution is 2.26. The van der Waals surface area contributed by atoms with Crippen molar-refractivity contribution in [2.24, 2.45) is 0 Å². The molecule has 1 fully saturated rings. The van der Waals surface area contributed by atoms with E-state index in [1.807, 2.05) is 49.6 Å². The number of hydrogen-bond acceptors (Lipinski definition) is 7. The van der Waals surface area contributed by atoms with Crippen molar-refractivity contribution < 1.29 is 14.3 Å². The molecule has 10 heteroatoms. The van der Waals surface area contributed by atoms with Crippen LogP contribution in [0.2, 0.25) is 0 Å². The second-order valence-electron chi connectivity index (χ2n) is 8.77. The first-order chi connectivity index (χ1) is 15.2. The number of nitrogens with zero attached hydrogens (tertiary/aromatic N) is 5. The highest BCUT2D eigenvalue weighted by molar-refractivity contribution is 9.10. The zero-order valence-electron chi connectivity index (χ0n) is 18.6. The Hall–Kier alpha value is -2.88. The van der Waals surface area contributed by atoms with E-state index in [0.29, 0.717) is 35.7 Å². The minimum absolute atomic E-state index is 0.0612. The summed E-state index contributed by atoms with van der Waals surface area (Å²) in [6.07, 6.45) is 2.05. The van der Waals surface area contributed by atoms with Gasteiger partial charge in [-0.2, -0.15) is 0 Å². The molecule has 1 amide bonds.